The molecule has 1 unspecified atom stereocenters. The van der Waals surface area contributed by atoms with Crippen molar-refractivity contribution < 1.29 is 35.9 Å². The van der Waals surface area contributed by atoms with Crippen molar-refractivity contribution in [2.24, 2.45) is 5.10 Å². The van der Waals surface area contributed by atoms with Crippen molar-refractivity contribution in [3.8, 4) is 5.75 Å². The molecule has 12 heteroatoms. The van der Waals surface area contributed by atoms with Crippen LogP contribution in [0.15, 0.2) is 29.4 Å². The van der Waals surface area contributed by atoms with E-state index in [0.29, 0.717) is 0 Å². The zero-order chi connectivity index (χ0) is 21.2. The van der Waals surface area contributed by atoms with Crippen molar-refractivity contribution in [1.29, 1.82) is 0 Å². The lowest BCUT2D eigenvalue weighted by Gasteiger charge is -2.27. The van der Waals surface area contributed by atoms with E-state index in [0.717, 1.165) is 11.1 Å². The van der Waals surface area contributed by atoms with Crippen molar-refractivity contribution >= 4 is 27.4 Å². The number of nitrogens with one attached hydrogen (secondary N) is 1. The van der Waals surface area contributed by atoms with Crippen LogP contribution in [0.4, 0.5) is 13.2 Å². The molecule has 1 aromatic rings. The Morgan fingerprint density at radius 2 is 2.00 bits per heavy atom. The molecule has 1 saturated heterocycles. The molecule has 3 rings (SSSR count). The van der Waals surface area contributed by atoms with E-state index in [4.69, 9.17) is 0 Å². The van der Waals surface area contributed by atoms with E-state index in [9.17, 15) is 31.2 Å². The summed E-state index contributed by atoms with van der Waals surface area (Å²) in [6.07, 6.45) is -4.57. The van der Waals surface area contributed by atoms with Crippen LogP contribution in [-0.2, 0) is 26.0 Å². The zero-order valence-corrected chi connectivity index (χ0v) is 15.9. The van der Waals surface area contributed by atoms with Gasteiger partial charge in [-0.15, -0.1) is 13.2 Å². The Hall–Kier alpha value is -2.63. The van der Waals surface area contributed by atoms with Gasteiger partial charge in [-0.2, -0.15) is 5.10 Å². The fourth-order valence-electron chi connectivity index (χ4n) is 3.14. The molecule has 2 heterocycles. The number of para-hydroxylation sites is 1. The minimum atomic E-state index is -4.87. The second-order valence-electron chi connectivity index (χ2n) is 6.68. The Morgan fingerprint density at radius 1 is 1.28 bits per heavy atom. The molecule has 0 aromatic heterocycles. The van der Waals surface area contributed by atoms with Gasteiger partial charge in [-0.05, 0) is 12.5 Å². The third kappa shape index (κ3) is 5.46. The second-order valence-corrected chi connectivity index (χ2v) is 8.91. The number of amides is 2. The van der Waals surface area contributed by atoms with Gasteiger partial charge in [0.15, 0.2) is 9.84 Å². The van der Waals surface area contributed by atoms with Crippen molar-refractivity contribution in [2.45, 2.75) is 38.2 Å². The van der Waals surface area contributed by atoms with E-state index in [2.05, 4.69) is 15.2 Å². The van der Waals surface area contributed by atoms with Gasteiger partial charge in [0.05, 0.1) is 17.5 Å². The number of alkyl halides is 3. The third-order valence-corrected chi connectivity index (χ3v) is 6.26. The van der Waals surface area contributed by atoms with Crippen LogP contribution in [0.25, 0.3) is 0 Å². The first-order valence-electron chi connectivity index (χ1n) is 8.76. The van der Waals surface area contributed by atoms with Crippen LogP contribution in [0.2, 0.25) is 0 Å². The van der Waals surface area contributed by atoms with Crippen LogP contribution in [0.3, 0.4) is 0 Å². The van der Waals surface area contributed by atoms with Crippen LogP contribution in [0.1, 0.15) is 24.8 Å². The van der Waals surface area contributed by atoms with Crippen LogP contribution in [-0.4, -0.2) is 54.9 Å². The average Bonchev–Trinajstić information content (AvgIpc) is 2.99. The molecule has 1 fully saturated rings. The lowest BCUT2D eigenvalue weighted by Crippen LogP contribution is -2.43. The summed E-state index contributed by atoms with van der Waals surface area (Å²) in [5.74, 6) is -1.70. The minimum absolute atomic E-state index is 0.00340. The highest BCUT2D eigenvalue weighted by Crippen LogP contribution is 2.26. The SMILES string of the molecule is O=C(NCc1ccccc1OC(F)(F)F)C1=NN(C2CCS(=O)(=O)C2)C(=O)CC1. The van der Waals surface area contributed by atoms with Crippen molar-refractivity contribution in [2.75, 3.05) is 11.5 Å². The third-order valence-electron chi connectivity index (χ3n) is 4.51. The second kappa shape index (κ2) is 8.01. The average molecular weight is 433 g/mol. The van der Waals surface area contributed by atoms with Gasteiger partial charge < -0.3 is 10.1 Å². The molecular formula is C17H18F3N3O5S. The van der Waals surface area contributed by atoms with Gasteiger partial charge in [-0.25, -0.2) is 13.4 Å². The maximum atomic E-state index is 12.5. The molecule has 0 spiro atoms. The van der Waals surface area contributed by atoms with Gasteiger partial charge in [0.25, 0.3) is 5.91 Å². The number of carbonyl (C=O) groups excluding carboxylic acids is 2. The van der Waals surface area contributed by atoms with Gasteiger partial charge in [0.1, 0.15) is 11.5 Å². The normalized spacial score (nSPS) is 21.6. The molecule has 1 aromatic carbocycles. The molecular weight excluding hydrogens is 415 g/mol. The van der Waals surface area contributed by atoms with E-state index in [1.54, 1.807) is 0 Å². The van der Waals surface area contributed by atoms with E-state index < -0.39 is 33.9 Å². The van der Waals surface area contributed by atoms with Crippen molar-refractivity contribution in [3.63, 3.8) is 0 Å². The Labute approximate surface area is 164 Å². The van der Waals surface area contributed by atoms with Gasteiger partial charge in [-0.1, -0.05) is 18.2 Å². The molecule has 8 nitrogen and oxygen atoms in total. The minimum Gasteiger partial charge on any atom is -0.405 e. The summed E-state index contributed by atoms with van der Waals surface area (Å²) in [5.41, 5.74) is 0.132. The number of carbonyl (C=O) groups is 2. The monoisotopic (exact) mass is 433 g/mol. The fourth-order valence-corrected chi connectivity index (χ4v) is 4.83. The number of rotatable bonds is 5. The number of hydrogen-bond donors (Lipinski definition) is 1. The van der Waals surface area contributed by atoms with Crippen LogP contribution < -0.4 is 10.1 Å². The Balaban J connectivity index is 1.68. The molecule has 0 aliphatic carbocycles. The van der Waals surface area contributed by atoms with Crippen molar-refractivity contribution in [1.82, 2.24) is 10.3 Å². The summed E-state index contributed by atoms with van der Waals surface area (Å²) in [4.78, 5) is 24.5. The lowest BCUT2D eigenvalue weighted by atomic mass is 10.1. The summed E-state index contributed by atoms with van der Waals surface area (Å²) in [6, 6.07) is 4.77. The van der Waals surface area contributed by atoms with Crippen LogP contribution in [0.5, 0.6) is 5.75 Å². The first kappa shape index (κ1) is 21.1. The first-order valence-corrected chi connectivity index (χ1v) is 10.6. The summed E-state index contributed by atoms with van der Waals surface area (Å²) in [6.45, 7) is -0.240. The Morgan fingerprint density at radius 3 is 2.66 bits per heavy atom. The van der Waals surface area contributed by atoms with Crippen LogP contribution >= 0.6 is 0 Å². The summed E-state index contributed by atoms with van der Waals surface area (Å²) >= 11 is 0. The van der Waals surface area contributed by atoms with E-state index in [1.807, 2.05) is 0 Å². The molecule has 1 N–H and O–H groups in total. The molecule has 0 saturated carbocycles. The van der Waals surface area contributed by atoms with E-state index >= 15 is 0 Å². The topological polar surface area (TPSA) is 105 Å². The smallest absolute Gasteiger partial charge is 0.405 e. The molecule has 158 valence electrons. The largest absolute Gasteiger partial charge is 0.573 e. The van der Waals surface area contributed by atoms with E-state index in [-0.39, 0.29) is 54.5 Å². The number of nitrogens with zero attached hydrogens (tertiary/aromatic N) is 2. The van der Waals surface area contributed by atoms with Crippen molar-refractivity contribution in [3.05, 3.63) is 29.8 Å². The maximum absolute atomic E-state index is 12.5. The highest BCUT2D eigenvalue weighted by molar-refractivity contribution is 7.91. The lowest BCUT2D eigenvalue weighted by molar-refractivity contribution is -0.274. The standard InChI is InChI=1S/C17H18F3N3O5S/c18-17(19,20)28-14-4-2-1-3-11(14)9-21-16(25)13-5-6-15(24)23(22-13)12-7-8-29(26,27)10-12/h1-4,12H,5-10H2,(H,21,25). The fraction of sp³-hybridized carbons (Fsp3) is 0.471. The summed E-state index contributed by atoms with van der Waals surface area (Å²) in [7, 11) is -3.24. The molecule has 0 radical (unpaired) electrons. The zero-order valence-electron chi connectivity index (χ0n) is 15.1. The summed E-state index contributed by atoms with van der Waals surface area (Å²) < 4.78 is 64.7. The summed E-state index contributed by atoms with van der Waals surface area (Å²) in [5, 5.41) is 7.53. The Kier molecular flexibility index (Phi) is 5.82. The molecule has 1 atom stereocenters. The predicted molar refractivity (Wildman–Crippen MR) is 95.5 cm³/mol. The van der Waals surface area contributed by atoms with E-state index in [1.165, 1.54) is 18.2 Å². The molecule has 2 aliphatic rings. The number of hydrogen-bond acceptors (Lipinski definition) is 6. The van der Waals surface area contributed by atoms with Gasteiger partial charge in [0.2, 0.25) is 5.91 Å². The molecule has 2 aliphatic heterocycles. The first-order chi connectivity index (χ1) is 13.5. The number of halogens is 3. The number of ether oxygens (including phenoxy) is 1. The maximum Gasteiger partial charge on any atom is 0.573 e. The molecule has 0 bridgehead atoms. The molecule has 2 amide bonds. The van der Waals surface area contributed by atoms with Gasteiger partial charge in [0, 0.05) is 24.9 Å². The number of benzene rings is 1. The van der Waals surface area contributed by atoms with Crippen LogP contribution in [0, 0.1) is 0 Å². The number of sulfone groups is 1. The number of hydrazone groups is 1. The molecule has 29 heavy (non-hydrogen) atoms. The highest BCUT2D eigenvalue weighted by atomic mass is 32.2. The predicted octanol–water partition coefficient (Wildman–Crippen LogP) is 1.37. The highest BCUT2D eigenvalue weighted by Gasteiger charge is 2.37. The quantitative estimate of drug-likeness (QED) is 0.755. The Bertz CT molecular complexity index is 946. The van der Waals surface area contributed by atoms with Gasteiger partial charge >= 0.3 is 6.36 Å². The van der Waals surface area contributed by atoms with Gasteiger partial charge in [-0.3, -0.25) is 9.59 Å².